The van der Waals surface area contributed by atoms with Crippen molar-refractivity contribution in [1.82, 2.24) is 29.6 Å². The molecule has 1 fully saturated rings. The number of hydrogen-bond acceptors (Lipinski definition) is 8. The molecule has 3 aromatic rings. The number of amides is 5. The first-order valence-electron chi connectivity index (χ1n) is 18.3. The van der Waals surface area contributed by atoms with Crippen LogP contribution in [0.2, 0.25) is 0 Å². The molecule has 0 radical (unpaired) electrons. The fraction of sp³-hybridized carbons (Fsp3) is 0.450. The van der Waals surface area contributed by atoms with Crippen molar-refractivity contribution in [3.8, 4) is 11.3 Å². The normalized spacial score (nSPS) is 17.7. The van der Waals surface area contributed by atoms with E-state index in [0.717, 1.165) is 40.8 Å². The van der Waals surface area contributed by atoms with Crippen LogP contribution >= 0.6 is 0 Å². The van der Waals surface area contributed by atoms with Crippen LogP contribution < -0.4 is 5.32 Å². The largest absolute Gasteiger partial charge is 0.444 e. The van der Waals surface area contributed by atoms with Crippen LogP contribution in [0.5, 0.6) is 0 Å². The van der Waals surface area contributed by atoms with Crippen LogP contribution in [0, 0.1) is 23.0 Å². The zero-order valence-electron chi connectivity index (χ0n) is 32.0. The predicted molar refractivity (Wildman–Crippen MR) is 198 cm³/mol. The minimum absolute atomic E-state index is 0.0171. The number of halogens is 3. The van der Waals surface area contributed by atoms with E-state index >= 15 is 8.78 Å². The van der Waals surface area contributed by atoms with Gasteiger partial charge in [0, 0.05) is 74.4 Å². The molecule has 3 atom stereocenters. The SMILES string of the molecule is CC(C)(C)OC(=O)N1CC(F)C(CN(C(=O)CO)C(c2nc(-c3cc(F)ccc3F)cn2Cc2ccccc2)C(C)(C)CC(=O)NCCN2C(=O)C=CC2=O)C1. The third-order valence-corrected chi connectivity index (χ3v) is 9.58. The van der Waals surface area contributed by atoms with Gasteiger partial charge in [0.15, 0.2) is 0 Å². The highest BCUT2D eigenvalue weighted by Crippen LogP contribution is 2.43. The molecule has 3 unspecified atom stereocenters. The van der Waals surface area contributed by atoms with E-state index in [-0.39, 0.29) is 62.8 Å². The van der Waals surface area contributed by atoms with E-state index in [2.05, 4.69) is 5.32 Å². The van der Waals surface area contributed by atoms with Crippen molar-refractivity contribution in [3.63, 3.8) is 0 Å². The van der Waals surface area contributed by atoms with Crippen molar-refractivity contribution in [2.45, 2.75) is 65.4 Å². The minimum Gasteiger partial charge on any atom is -0.444 e. The molecule has 1 aromatic heterocycles. The lowest BCUT2D eigenvalue weighted by Gasteiger charge is -2.42. The lowest BCUT2D eigenvalue weighted by molar-refractivity contribution is -0.142. The Balaban J connectivity index is 1.56. The van der Waals surface area contributed by atoms with Crippen molar-refractivity contribution in [2.24, 2.45) is 11.3 Å². The van der Waals surface area contributed by atoms with E-state index in [1.54, 1.807) is 39.2 Å². The van der Waals surface area contributed by atoms with Gasteiger partial charge in [-0.15, -0.1) is 0 Å². The van der Waals surface area contributed by atoms with Crippen LogP contribution in [0.25, 0.3) is 11.3 Å². The minimum atomic E-state index is -1.60. The van der Waals surface area contributed by atoms with Gasteiger partial charge in [-0.05, 0) is 44.5 Å². The standard InChI is InChI=1S/C40H47F3N6O7/c1-39(2,3)56-38(55)47-20-26(30(43)22-47)21-49(35(54)24-50)36(40(4,5)18-32(51)44-15-16-48-33(52)13-14-34(48)53)37-45-31(28-17-27(41)11-12-29(28)42)23-46(37)19-25-9-7-6-8-10-25/h6-14,17,23,26,30,36,50H,15-16,18-22,24H2,1-5H3,(H,44,51). The van der Waals surface area contributed by atoms with Gasteiger partial charge < -0.3 is 29.5 Å². The van der Waals surface area contributed by atoms with Crippen LogP contribution in [-0.4, -0.2) is 110 Å². The molecule has 300 valence electrons. The van der Waals surface area contributed by atoms with Crippen LogP contribution in [0.3, 0.4) is 0 Å². The molecule has 0 bridgehead atoms. The molecule has 2 aliphatic rings. The second-order valence-corrected chi connectivity index (χ2v) is 15.7. The van der Waals surface area contributed by atoms with Gasteiger partial charge in [0.05, 0.1) is 18.3 Å². The highest BCUT2D eigenvalue weighted by atomic mass is 19.1. The molecule has 5 rings (SSSR count). The monoisotopic (exact) mass is 780 g/mol. The first kappa shape index (κ1) is 41.6. The number of likely N-dealkylation sites (tertiary alicyclic amines) is 1. The van der Waals surface area contributed by atoms with Crippen LogP contribution in [-0.2, 0) is 30.5 Å². The Hall–Kier alpha value is -5.51. The number of benzene rings is 2. The number of ether oxygens (including phenoxy) is 1. The Kier molecular flexibility index (Phi) is 12.7. The smallest absolute Gasteiger partial charge is 0.410 e. The number of nitrogens with zero attached hydrogens (tertiary/aromatic N) is 5. The summed E-state index contributed by atoms with van der Waals surface area (Å²) in [5, 5.41) is 13.1. The number of hydrogen-bond donors (Lipinski definition) is 2. The molecule has 0 aliphatic carbocycles. The molecular weight excluding hydrogens is 733 g/mol. The molecule has 56 heavy (non-hydrogen) atoms. The maximum atomic E-state index is 15.9. The molecule has 2 N–H and O–H groups in total. The van der Waals surface area contributed by atoms with Crippen molar-refractivity contribution >= 4 is 29.7 Å². The number of aliphatic hydroxyl groups is 1. The van der Waals surface area contributed by atoms with Gasteiger partial charge in [-0.2, -0.15) is 0 Å². The number of imide groups is 1. The molecule has 13 nitrogen and oxygen atoms in total. The van der Waals surface area contributed by atoms with Gasteiger partial charge in [-0.25, -0.2) is 22.9 Å². The molecule has 2 aliphatic heterocycles. The topological polar surface area (TPSA) is 154 Å². The average Bonchev–Trinajstić information content (AvgIpc) is 3.80. The van der Waals surface area contributed by atoms with Crippen LogP contribution in [0.15, 0.2) is 66.9 Å². The third-order valence-electron chi connectivity index (χ3n) is 9.58. The van der Waals surface area contributed by atoms with Gasteiger partial charge in [0.2, 0.25) is 11.8 Å². The molecule has 1 saturated heterocycles. The Morgan fingerprint density at radius 2 is 1.70 bits per heavy atom. The van der Waals surface area contributed by atoms with Crippen LogP contribution in [0.4, 0.5) is 18.0 Å². The maximum Gasteiger partial charge on any atom is 0.410 e. The summed E-state index contributed by atoms with van der Waals surface area (Å²) >= 11 is 0. The van der Waals surface area contributed by atoms with E-state index in [1.807, 2.05) is 30.3 Å². The van der Waals surface area contributed by atoms with E-state index < -0.39 is 77.1 Å². The predicted octanol–water partition coefficient (Wildman–Crippen LogP) is 4.40. The molecule has 0 spiro atoms. The average molecular weight is 781 g/mol. The molecule has 2 aromatic carbocycles. The van der Waals surface area contributed by atoms with E-state index in [9.17, 15) is 33.5 Å². The fourth-order valence-corrected chi connectivity index (χ4v) is 7.00. The van der Waals surface area contributed by atoms with Gasteiger partial charge >= 0.3 is 6.09 Å². The number of rotatable bonds is 14. The first-order chi connectivity index (χ1) is 26.4. The quantitative estimate of drug-likeness (QED) is 0.229. The molecule has 5 amide bonds. The molecular formula is C40H47F3N6O7. The second kappa shape index (κ2) is 17.1. The number of carbonyl (C=O) groups is 5. The van der Waals surface area contributed by atoms with Crippen molar-refractivity contribution < 1.29 is 47.0 Å². The number of aromatic nitrogens is 2. The van der Waals surface area contributed by atoms with E-state index in [4.69, 9.17) is 9.72 Å². The first-order valence-corrected chi connectivity index (χ1v) is 18.3. The lowest BCUT2D eigenvalue weighted by Crippen LogP contribution is -2.49. The molecule has 3 heterocycles. The summed E-state index contributed by atoms with van der Waals surface area (Å²) in [6.45, 7) is 6.59. The summed E-state index contributed by atoms with van der Waals surface area (Å²) in [5.41, 5.74) is -1.49. The summed E-state index contributed by atoms with van der Waals surface area (Å²) in [6.07, 6.45) is 1.14. The number of alkyl halides is 1. The zero-order chi connectivity index (χ0) is 40.9. The number of imidazole rings is 1. The summed E-state index contributed by atoms with van der Waals surface area (Å²) in [6, 6.07) is 10.8. The highest BCUT2D eigenvalue weighted by Gasteiger charge is 2.46. The number of nitrogens with one attached hydrogen (secondary N) is 1. The van der Waals surface area contributed by atoms with Gasteiger partial charge in [-0.1, -0.05) is 44.2 Å². The summed E-state index contributed by atoms with van der Waals surface area (Å²) in [7, 11) is 0. The summed E-state index contributed by atoms with van der Waals surface area (Å²) in [5.74, 6) is -4.69. The second-order valence-electron chi connectivity index (χ2n) is 15.7. The Morgan fingerprint density at radius 3 is 2.34 bits per heavy atom. The summed E-state index contributed by atoms with van der Waals surface area (Å²) < 4.78 is 52.7. The zero-order valence-corrected chi connectivity index (χ0v) is 32.0. The van der Waals surface area contributed by atoms with Crippen molar-refractivity contribution in [1.29, 1.82) is 0 Å². The highest BCUT2D eigenvalue weighted by molar-refractivity contribution is 6.12. The Labute approximate surface area is 323 Å². The number of carbonyl (C=O) groups excluding carboxylic acids is 5. The van der Waals surface area contributed by atoms with E-state index in [1.165, 1.54) is 16.0 Å². The summed E-state index contributed by atoms with van der Waals surface area (Å²) in [4.78, 5) is 72.7. The van der Waals surface area contributed by atoms with Crippen molar-refractivity contribution in [3.05, 3.63) is 89.9 Å². The molecule has 16 heteroatoms. The van der Waals surface area contributed by atoms with Gasteiger partial charge in [-0.3, -0.25) is 24.1 Å². The van der Waals surface area contributed by atoms with Crippen molar-refractivity contribution in [2.75, 3.05) is 39.3 Å². The Morgan fingerprint density at radius 1 is 1.02 bits per heavy atom. The Bertz CT molecular complexity index is 1960. The van der Waals surface area contributed by atoms with Gasteiger partial charge in [0.1, 0.15) is 35.8 Å². The third kappa shape index (κ3) is 10.0. The molecule has 0 saturated carbocycles. The lowest BCUT2D eigenvalue weighted by atomic mass is 9.78. The maximum absolute atomic E-state index is 15.9. The van der Waals surface area contributed by atoms with E-state index in [0.29, 0.717) is 0 Å². The number of aliphatic hydroxyl groups excluding tert-OH is 1. The fourth-order valence-electron chi connectivity index (χ4n) is 7.00. The van der Waals surface area contributed by atoms with Gasteiger partial charge in [0.25, 0.3) is 11.8 Å². The van der Waals surface area contributed by atoms with Crippen LogP contribution in [0.1, 0.15) is 58.5 Å².